The lowest BCUT2D eigenvalue weighted by molar-refractivity contribution is 0.333. The monoisotopic (exact) mass is 267 g/mol. The fraction of sp³-hybridized carbons (Fsp3) is 0.625. The summed E-state index contributed by atoms with van der Waals surface area (Å²) in [4.78, 5) is 0. The molecule has 1 unspecified atom stereocenters. The van der Waals surface area contributed by atoms with Gasteiger partial charge in [-0.15, -0.1) is 0 Å². The molecule has 102 valence electrons. The molecule has 0 heterocycles. The summed E-state index contributed by atoms with van der Waals surface area (Å²) < 4.78 is 0. The molecule has 0 aromatic heterocycles. The molecule has 1 N–H and O–H groups in total. The molecular weight excluding hydrogens is 242 g/mol. The van der Waals surface area contributed by atoms with Gasteiger partial charge in [0, 0.05) is 11.1 Å². The Morgan fingerprint density at radius 3 is 2.50 bits per heavy atom. The van der Waals surface area contributed by atoms with Crippen LogP contribution in [-0.4, -0.2) is 6.54 Å². The van der Waals surface area contributed by atoms with Gasteiger partial charge in [0.1, 0.15) is 0 Å². The minimum Gasteiger partial charge on any atom is -0.310 e. The number of nitrogens with one attached hydrogen (secondary N) is 1. The lowest BCUT2D eigenvalue weighted by atomic mass is 9.86. The summed E-state index contributed by atoms with van der Waals surface area (Å²) in [7, 11) is 0. The minimum atomic E-state index is 0.375. The molecule has 1 rings (SSSR count). The van der Waals surface area contributed by atoms with Gasteiger partial charge in [-0.05, 0) is 55.0 Å². The van der Waals surface area contributed by atoms with Crippen LogP contribution in [0.5, 0.6) is 0 Å². The average Bonchev–Trinajstić information content (AvgIpc) is 2.26. The van der Waals surface area contributed by atoms with E-state index in [0.29, 0.717) is 11.5 Å². The SMILES string of the molecule is CCNC(CCC(C)(C)C)c1cc(Cl)ccc1C. The highest BCUT2D eigenvalue weighted by atomic mass is 35.5. The second-order valence-electron chi connectivity index (χ2n) is 6.21. The predicted molar refractivity (Wildman–Crippen MR) is 81.3 cm³/mol. The zero-order valence-electron chi connectivity index (χ0n) is 12.3. The molecule has 0 bridgehead atoms. The number of rotatable bonds is 5. The molecule has 0 aliphatic heterocycles. The maximum atomic E-state index is 6.12. The van der Waals surface area contributed by atoms with Crippen molar-refractivity contribution in [2.45, 2.75) is 53.5 Å². The van der Waals surface area contributed by atoms with Gasteiger partial charge in [-0.25, -0.2) is 0 Å². The van der Waals surface area contributed by atoms with Gasteiger partial charge in [-0.3, -0.25) is 0 Å². The maximum Gasteiger partial charge on any atom is 0.0409 e. The van der Waals surface area contributed by atoms with Crippen molar-refractivity contribution in [2.24, 2.45) is 5.41 Å². The first-order chi connectivity index (χ1) is 8.33. The van der Waals surface area contributed by atoms with Gasteiger partial charge in [-0.2, -0.15) is 0 Å². The number of hydrogen-bond acceptors (Lipinski definition) is 1. The summed E-state index contributed by atoms with van der Waals surface area (Å²) in [6.07, 6.45) is 2.36. The fourth-order valence-corrected chi connectivity index (χ4v) is 2.36. The normalized spacial score (nSPS) is 13.7. The molecule has 0 spiro atoms. The smallest absolute Gasteiger partial charge is 0.0409 e. The van der Waals surface area contributed by atoms with Gasteiger partial charge in [0.25, 0.3) is 0 Å². The average molecular weight is 268 g/mol. The van der Waals surface area contributed by atoms with Gasteiger partial charge in [0.15, 0.2) is 0 Å². The summed E-state index contributed by atoms with van der Waals surface area (Å²) in [5.41, 5.74) is 3.04. The van der Waals surface area contributed by atoms with Crippen molar-refractivity contribution in [1.29, 1.82) is 0 Å². The third-order valence-corrected chi connectivity index (χ3v) is 3.49. The van der Waals surface area contributed by atoms with Crippen LogP contribution in [0.25, 0.3) is 0 Å². The lowest BCUT2D eigenvalue weighted by Gasteiger charge is -2.25. The third-order valence-electron chi connectivity index (χ3n) is 3.25. The Kier molecular flexibility index (Phi) is 5.68. The van der Waals surface area contributed by atoms with Crippen LogP contribution in [0.15, 0.2) is 18.2 Å². The van der Waals surface area contributed by atoms with Crippen LogP contribution < -0.4 is 5.32 Å². The Balaban J connectivity index is 2.86. The van der Waals surface area contributed by atoms with Crippen LogP contribution in [0.3, 0.4) is 0 Å². The van der Waals surface area contributed by atoms with Gasteiger partial charge >= 0.3 is 0 Å². The highest BCUT2D eigenvalue weighted by molar-refractivity contribution is 6.30. The van der Waals surface area contributed by atoms with E-state index in [1.54, 1.807) is 0 Å². The predicted octanol–water partition coefficient (Wildman–Crippen LogP) is 5.13. The summed E-state index contributed by atoms with van der Waals surface area (Å²) >= 11 is 6.12. The van der Waals surface area contributed by atoms with Crippen molar-refractivity contribution < 1.29 is 0 Å². The number of benzene rings is 1. The van der Waals surface area contributed by atoms with Crippen LogP contribution >= 0.6 is 11.6 Å². The molecule has 0 aliphatic rings. The van der Waals surface area contributed by atoms with E-state index in [1.165, 1.54) is 17.5 Å². The van der Waals surface area contributed by atoms with E-state index in [2.05, 4.69) is 52.1 Å². The van der Waals surface area contributed by atoms with E-state index in [-0.39, 0.29) is 0 Å². The highest BCUT2D eigenvalue weighted by Crippen LogP contribution is 2.30. The number of hydrogen-bond donors (Lipinski definition) is 1. The lowest BCUT2D eigenvalue weighted by Crippen LogP contribution is -2.23. The minimum absolute atomic E-state index is 0.375. The zero-order valence-corrected chi connectivity index (χ0v) is 13.1. The van der Waals surface area contributed by atoms with Crippen LogP contribution in [0.1, 0.15) is 57.7 Å². The van der Waals surface area contributed by atoms with E-state index >= 15 is 0 Å². The third kappa shape index (κ3) is 4.99. The first-order valence-electron chi connectivity index (χ1n) is 6.83. The molecule has 1 aromatic rings. The second kappa shape index (κ2) is 6.58. The summed E-state index contributed by atoms with van der Waals surface area (Å²) in [5, 5.41) is 4.41. The Bertz CT molecular complexity index is 379. The molecule has 2 heteroatoms. The number of halogens is 1. The van der Waals surface area contributed by atoms with E-state index in [0.717, 1.165) is 18.0 Å². The van der Waals surface area contributed by atoms with Crippen molar-refractivity contribution in [3.63, 3.8) is 0 Å². The summed E-state index contributed by atoms with van der Waals surface area (Å²) in [6.45, 7) is 12.2. The molecule has 0 radical (unpaired) electrons. The molecule has 1 atom stereocenters. The Morgan fingerprint density at radius 2 is 1.94 bits per heavy atom. The second-order valence-corrected chi connectivity index (χ2v) is 6.65. The molecule has 1 nitrogen and oxygen atoms in total. The van der Waals surface area contributed by atoms with Crippen LogP contribution in [-0.2, 0) is 0 Å². The van der Waals surface area contributed by atoms with Crippen molar-refractivity contribution >= 4 is 11.6 Å². The van der Waals surface area contributed by atoms with Crippen LogP contribution in [0.2, 0.25) is 5.02 Å². The maximum absolute atomic E-state index is 6.12. The van der Waals surface area contributed by atoms with Gasteiger partial charge in [0.05, 0.1) is 0 Å². The quantitative estimate of drug-likeness (QED) is 0.780. The van der Waals surface area contributed by atoms with Crippen molar-refractivity contribution in [3.8, 4) is 0 Å². The van der Waals surface area contributed by atoms with E-state index in [9.17, 15) is 0 Å². The Morgan fingerprint density at radius 1 is 1.28 bits per heavy atom. The van der Waals surface area contributed by atoms with Gasteiger partial charge in [0.2, 0.25) is 0 Å². The largest absolute Gasteiger partial charge is 0.310 e. The van der Waals surface area contributed by atoms with E-state index < -0.39 is 0 Å². The van der Waals surface area contributed by atoms with Crippen molar-refractivity contribution in [2.75, 3.05) is 6.54 Å². The van der Waals surface area contributed by atoms with Crippen molar-refractivity contribution in [1.82, 2.24) is 5.32 Å². The zero-order chi connectivity index (χ0) is 13.8. The number of aryl methyl sites for hydroxylation is 1. The molecule has 1 aromatic carbocycles. The first-order valence-corrected chi connectivity index (χ1v) is 7.20. The first kappa shape index (κ1) is 15.5. The van der Waals surface area contributed by atoms with Gasteiger partial charge < -0.3 is 5.32 Å². The molecule has 0 saturated heterocycles. The van der Waals surface area contributed by atoms with Gasteiger partial charge in [-0.1, -0.05) is 45.4 Å². The molecule has 0 saturated carbocycles. The van der Waals surface area contributed by atoms with Crippen molar-refractivity contribution in [3.05, 3.63) is 34.3 Å². The van der Waals surface area contributed by atoms with Crippen LogP contribution in [0.4, 0.5) is 0 Å². The van der Waals surface area contributed by atoms with E-state index in [1.807, 2.05) is 6.07 Å². The molecule has 18 heavy (non-hydrogen) atoms. The highest BCUT2D eigenvalue weighted by Gasteiger charge is 2.17. The fourth-order valence-electron chi connectivity index (χ4n) is 2.18. The summed E-state index contributed by atoms with van der Waals surface area (Å²) in [6, 6.07) is 6.59. The molecule has 0 amide bonds. The summed E-state index contributed by atoms with van der Waals surface area (Å²) in [5.74, 6) is 0. The topological polar surface area (TPSA) is 12.0 Å². The van der Waals surface area contributed by atoms with Crippen LogP contribution in [0, 0.1) is 12.3 Å². The molecule has 0 fully saturated rings. The Labute approximate surface area is 117 Å². The van der Waals surface area contributed by atoms with E-state index in [4.69, 9.17) is 11.6 Å². The molecular formula is C16H26ClN. The molecule has 0 aliphatic carbocycles. The standard InChI is InChI=1S/C16H26ClN/c1-6-18-15(9-10-16(3,4)5)14-11-13(17)8-7-12(14)2/h7-8,11,15,18H,6,9-10H2,1-5H3. The Hall–Kier alpha value is -0.530.